The molecule has 5 heteroatoms. The van der Waals surface area contributed by atoms with E-state index in [0.717, 1.165) is 29.3 Å². The molecule has 0 aliphatic rings. The molecule has 1 rings (SSSR count). The molecule has 4 nitrogen and oxygen atoms in total. The Bertz CT molecular complexity index is 962. The van der Waals surface area contributed by atoms with Crippen LogP contribution in [-0.2, 0) is 10.1 Å². The summed E-state index contributed by atoms with van der Waals surface area (Å²) in [6, 6.07) is 7.82. The van der Waals surface area contributed by atoms with Gasteiger partial charge in [0.1, 0.15) is 0 Å². The number of nitrogens with zero attached hydrogens (tertiary/aromatic N) is 1. The number of hydrogen-bond acceptors (Lipinski definition) is 2. The van der Waals surface area contributed by atoms with Gasteiger partial charge in [-0.3, -0.25) is 4.55 Å². The lowest BCUT2D eigenvalue weighted by Crippen LogP contribution is -2.56. The van der Waals surface area contributed by atoms with E-state index in [0.29, 0.717) is 6.04 Å². The van der Waals surface area contributed by atoms with Gasteiger partial charge >= 0.3 is 0 Å². The molecule has 2 atom stereocenters. The predicted molar refractivity (Wildman–Crippen MR) is 211 cm³/mol. The van der Waals surface area contributed by atoms with Crippen LogP contribution >= 0.6 is 0 Å². The van der Waals surface area contributed by atoms with Crippen molar-refractivity contribution in [1.82, 2.24) is 0 Å². The van der Waals surface area contributed by atoms with Crippen LogP contribution in [0, 0.1) is 0 Å². The average molecular weight is 693 g/mol. The molecule has 2 unspecified atom stereocenters. The first-order chi connectivity index (χ1) is 23.2. The number of hydrogen-bond donors (Lipinski definition) is 1. The summed E-state index contributed by atoms with van der Waals surface area (Å²) in [7, 11) is -1.78. The second kappa shape index (κ2) is 28.8. The molecule has 282 valence electrons. The van der Waals surface area contributed by atoms with Gasteiger partial charge in [0, 0.05) is 12.3 Å². The Morgan fingerprint density at radius 3 is 1.29 bits per heavy atom. The van der Waals surface area contributed by atoms with Gasteiger partial charge in [0.05, 0.1) is 31.1 Å². The summed E-state index contributed by atoms with van der Waals surface area (Å²) < 4.78 is 37.2. The number of quaternary nitrogens is 1. The largest absolute Gasteiger partial charge is 0.323 e. The monoisotopic (exact) mass is 693 g/mol. The van der Waals surface area contributed by atoms with Gasteiger partial charge in [0.25, 0.3) is 10.1 Å². The molecule has 48 heavy (non-hydrogen) atoms. The zero-order valence-electron chi connectivity index (χ0n) is 32.8. The van der Waals surface area contributed by atoms with Crippen LogP contribution in [0.15, 0.2) is 29.2 Å². The number of likely N-dealkylation sites (N-methyl/N-ethyl adjacent to an activating group) is 1. The minimum absolute atomic E-state index is 0.129. The molecule has 0 saturated carbocycles. The van der Waals surface area contributed by atoms with Gasteiger partial charge in [-0.25, -0.2) is 0 Å². The van der Waals surface area contributed by atoms with Crippen molar-refractivity contribution in [3.05, 3.63) is 29.8 Å². The third kappa shape index (κ3) is 20.1. The third-order valence-electron chi connectivity index (χ3n) is 11.1. The van der Waals surface area contributed by atoms with Crippen LogP contribution in [0.5, 0.6) is 0 Å². The highest BCUT2D eigenvalue weighted by Gasteiger charge is 2.40. The fourth-order valence-corrected chi connectivity index (χ4v) is 8.87. The highest BCUT2D eigenvalue weighted by molar-refractivity contribution is 7.85. The Labute approximate surface area is 301 Å². The lowest BCUT2D eigenvalue weighted by atomic mass is 9.81. The van der Waals surface area contributed by atoms with E-state index in [-0.39, 0.29) is 10.8 Å². The molecule has 0 aliphatic carbocycles. The van der Waals surface area contributed by atoms with E-state index >= 15 is 0 Å². The summed E-state index contributed by atoms with van der Waals surface area (Å²) >= 11 is 0. The Kier molecular flexibility index (Phi) is 27.0. The van der Waals surface area contributed by atoms with Crippen LogP contribution in [0.25, 0.3) is 0 Å². The quantitative estimate of drug-likeness (QED) is 0.0444. The lowest BCUT2D eigenvalue weighted by Gasteiger charge is -2.46. The van der Waals surface area contributed by atoms with Crippen LogP contribution in [0.1, 0.15) is 219 Å². The van der Waals surface area contributed by atoms with Crippen molar-refractivity contribution in [1.29, 1.82) is 0 Å². The van der Waals surface area contributed by atoms with E-state index in [1.165, 1.54) is 174 Å². The van der Waals surface area contributed by atoms with E-state index < -0.39 is 10.1 Å². The fraction of sp³-hybridized carbons (Fsp3) is 0.860. The highest BCUT2D eigenvalue weighted by atomic mass is 32.2. The molecular weight excluding hydrogens is 611 g/mol. The summed E-state index contributed by atoms with van der Waals surface area (Å²) in [5, 5.41) is 0. The Hall–Kier alpha value is -0.910. The Balaban J connectivity index is 3.38. The molecule has 0 saturated heterocycles. The maximum Gasteiger partial charge on any atom is 0.294 e. The summed E-state index contributed by atoms with van der Waals surface area (Å²) in [5.74, 6) is 0.129. The molecule has 0 aliphatic heterocycles. The maximum absolute atomic E-state index is 12.8. The molecule has 1 aromatic carbocycles. The summed E-state index contributed by atoms with van der Waals surface area (Å²) in [5.41, 5.74) is 0.869. The first-order valence-electron chi connectivity index (χ1n) is 21.2. The highest BCUT2D eigenvalue weighted by Crippen LogP contribution is 2.39. The van der Waals surface area contributed by atoms with Gasteiger partial charge in [-0.05, 0) is 50.2 Å². The topological polar surface area (TPSA) is 54.4 Å². The fourth-order valence-electron chi connectivity index (χ4n) is 8.11. The number of unbranched alkanes of at least 4 members (excludes halogenated alkanes) is 22. The van der Waals surface area contributed by atoms with Crippen molar-refractivity contribution in [2.45, 2.75) is 224 Å². The lowest BCUT2D eigenvalue weighted by molar-refractivity contribution is -0.936. The van der Waals surface area contributed by atoms with Crippen molar-refractivity contribution in [2.24, 2.45) is 0 Å². The normalized spacial score (nSPS) is 13.6. The molecule has 0 bridgehead atoms. The number of rotatable bonds is 34. The zero-order valence-corrected chi connectivity index (χ0v) is 33.6. The molecule has 0 heterocycles. The maximum atomic E-state index is 12.8. The van der Waals surface area contributed by atoms with E-state index in [9.17, 15) is 13.0 Å². The van der Waals surface area contributed by atoms with E-state index in [2.05, 4.69) is 34.7 Å². The van der Waals surface area contributed by atoms with Crippen molar-refractivity contribution >= 4 is 10.1 Å². The smallest absolute Gasteiger partial charge is 0.294 e. The molecule has 0 fully saturated rings. The Morgan fingerprint density at radius 2 is 0.875 bits per heavy atom. The summed E-state index contributed by atoms with van der Waals surface area (Å²) in [6.45, 7) is 11.5. The second-order valence-electron chi connectivity index (χ2n) is 15.5. The molecule has 0 radical (unpaired) electrons. The molecule has 1 N–H and O–H groups in total. The van der Waals surface area contributed by atoms with Crippen LogP contribution in [0.4, 0.5) is 0 Å². The van der Waals surface area contributed by atoms with Crippen LogP contribution in [-0.4, -0.2) is 43.6 Å². The predicted octanol–water partition coefficient (Wildman–Crippen LogP) is 13.8. The molecule has 0 amide bonds. The second-order valence-corrected chi connectivity index (χ2v) is 16.9. The minimum Gasteiger partial charge on any atom is -0.323 e. The first kappa shape index (κ1) is 45.1. The standard InChI is InChI=1S/C43H81NO3S/c1-6-10-14-18-21-22-23-25-28-34-40(41-35-30-31-37-43(41)48(45,46)47)42(36-29-24-17-13-9-4)44(5,38-32-26-19-15-11-7-2)39-33-27-20-16-12-8-3/h30-31,35,37,40,42H,6-29,32-34,36,38-39H2,1-5H3/p+1. The van der Waals surface area contributed by atoms with Gasteiger partial charge in [-0.15, -0.1) is 0 Å². The van der Waals surface area contributed by atoms with Gasteiger partial charge in [0.15, 0.2) is 0 Å². The van der Waals surface area contributed by atoms with E-state index in [1.54, 1.807) is 12.1 Å². The zero-order chi connectivity index (χ0) is 35.4. The molecule has 1 aromatic rings. The molecular formula is C43H82NO3S+. The van der Waals surface area contributed by atoms with Crippen LogP contribution in [0.3, 0.4) is 0 Å². The van der Waals surface area contributed by atoms with Gasteiger partial charge in [0.2, 0.25) is 0 Å². The van der Waals surface area contributed by atoms with Crippen molar-refractivity contribution in [2.75, 3.05) is 20.1 Å². The average Bonchev–Trinajstić information content (AvgIpc) is 3.07. The van der Waals surface area contributed by atoms with Crippen molar-refractivity contribution < 1.29 is 17.5 Å². The Morgan fingerprint density at radius 1 is 0.521 bits per heavy atom. The molecule has 0 spiro atoms. The van der Waals surface area contributed by atoms with E-state index in [1.807, 2.05) is 12.1 Å². The van der Waals surface area contributed by atoms with Crippen LogP contribution < -0.4 is 0 Å². The van der Waals surface area contributed by atoms with E-state index in [4.69, 9.17) is 0 Å². The molecule has 0 aromatic heterocycles. The summed E-state index contributed by atoms with van der Waals surface area (Å²) in [4.78, 5) is 0.146. The van der Waals surface area contributed by atoms with Gasteiger partial charge in [-0.1, -0.05) is 181 Å². The summed E-state index contributed by atoms with van der Waals surface area (Å²) in [6.07, 6.45) is 35.6. The van der Waals surface area contributed by atoms with Gasteiger partial charge in [-0.2, -0.15) is 8.42 Å². The third-order valence-corrected chi connectivity index (χ3v) is 12.1. The van der Waals surface area contributed by atoms with Crippen molar-refractivity contribution in [3.8, 4) is 0 Å². The number of benzene rings is 1. The van der Waals surface area contributed by atoms with Crippen molar-refractivity contribution in [3.63, 3.8) is 0 Å². The SMILES string of the molecule is CCCCCCCCCCCC(c1ccccc1S(=O)(=O)O)C(CCCCCCC)[N+](C)(CCCCCCCC)CCCCCCCC. The van der Waals surface area contributed by atoms with Crippen LogP contribution in [0.2, 0.25) is 0 Å². The minimum atomic E-state index is -4.31. The first-order valence-corrected chi connectivity index (χ1v) is 22.6. The van der Waals surface area contributed by atoms with Gasteiger partial charge < -0.3 is 4.48 Å².